The lowest BCUT2D eigenvalue weighted by molar-refractivity contribution is -0.122. The van der Waals surface area contributed by atoms with Crippen molar-refractivity contribution < 1.29 is 14.3 Å². The van der Waals surface area contributed by atoms with Crippen LogP contribution in [0.4, 0.5) is 5.69 Å². The fraction of sp³-hybridized carbons (Fsp3) is 0.176. The predicted octanol–water partition coefficient (Wildman–Crippen LogP) is 3.74. The lowest BCUT2D eigenvalue weighted by Crippen LogP contribution is -2.30. The topological polar surface area (TPSA) is 71.3 Å². The van der Waals surface area contributed by atoms with Gasteiger partial charge in [-0.15, -0.1) is 0 Å². The van der Waals surface area contributed by atoms with Gasteiger partial charge >= 0.3 is 0 Å². The van der Waals surface area contributed by atoms with Crippen molar-refractivity contribution in [3.05, 3.63) is 52.5 Å². The number of halogens is 1. The van der Waals surface area contributed by atoms with E-state index in [4.69, 9.17) is 14.7 Å². The highest BCUT2D eigenvalue weighted by atomic mass is 79.9. The molecule has 118 valence electrons. The van der Waals surface area contributed by atoms with Gasteiger partial charge in [0.25, 0.3) is 5.91 Å². The van der Waals surface area contributed by atoms with Crippen LogP contribution in [0.3, 0.4) is 0 Å². The Bertz CT molecular complexity index is 738. The minimum absolute atomic E-state index is 0.279. The zero-order valence-electron chi connectivity index (χ0n) is 12.7. The average molecular weight is 375 g/mol. The van der Waals surface area contributed by atoms with E-state index in [-0.39, 0.29) is 5.91 Å². The van der Waals surface area contributed by atoms with Gasteiger partial charge in [0.05, 0.1) is 18.7 Å². The second-order valence-electron chi connectivity index (χ2n) is 4.73. The Labute approximate surface area is 143 Å². The fourth-order valence-corrected chi connectivity index (χ4v) is 2.12. The molecule has 0 aliphatic carbocycles. The van der Waals surface area contributed by atoms with Crippen molar-refractivity contribution in [2.24, 2.45) is 0 Å². The molecule has 1 N–H and O–H groups in total. The summed E-state index contributed by atoms with van der Waals surface area (Å²) in [5.74, 6) is 0.538. The monoisotopic (exact) mass is 374 g/mol. The minimum atomic E-state index is -0.722. The number of rotatable bonds is 5. The van der Waals surface area contributed by atoms with Gasteiger partial charge in [-0.2, -0.15) is 5.26 Å². The Morgan fingerprint density at radius 2 is 1.91 bits per heavy atom. The zero-order chi connectivity index (χ0) is 16.8. The number of ether oxygens (including phenoxy) is 2. The predicted molar refractivity (Wildman–Crippen MR) is 90.6 cm³/mol. The molecule has 0 aliphatic heterocycles. The number of carbonyl (C=O) groups excluding carboxylic acids is 1. The minimum Gasteiger partial charge on any atom is -0.493 e. The molecule has 1 unspecified atom stereocenters. The maximum absolute atomic E-state index is 12.2. The van der Waals surface area contributed by atoms with Gasteiger partial charge in [-0.25, -0.2) is 0 Å². The first-order chi connectivity index (χ1) is 11.0. The van der Waals surface area contributed by atoms with E-state index in [9.17, 15) is 4.79 Å². The third-order valence-corrected chi connectivity index (χ3v) is 3.61. The SMILES string of the molecule is COc1cc(C#N)ccc1OC(C)C(=O)Nc1ccc(Br)cc1. The van der Waals surface area contributed by atoms with E-state index in [1.807, 2.05) is 18.2 Å². The molecule has 0 bridgehead atoms. The summed E-state index contributed by atoms with van der Waals surface area (Å²) in [6.07, 6.45) is -0.722. The maximum atomic E-state index is 12.2. The highest BCUT2D eigenvalue weighted by Crippen LogP contribution is 2.29. The molecule has 0 spiro atoms. The van der Waals surface area contributed by atoms with Crippen LogP contribution in [0, 0.1) is 11.3 Å². The van der Waals surface area contributed by atoms with Crippen molar-refractivity contribution in [2.75, 3.05) is 12.4 Å². The van der Waals surface area contributed by atoms with Crippen LogP contribution in [0.2, 0.25) is 0 Å². The summed E-state index contributed by atoms with van der Waals surface area (Å²) in [5.41, 5.74) is 1.14. The normalized spacial score (nSPS) is 11.2. The molecule has 0 heterocycles. The van der Waals surface area contributed by atoms with E-state index in [0.29, 0.717) is 22.7 Å². The summed E-state index contributed by atoms with van der Waals surface area (Å²) in [6.45, 7) is 1.64. The Kier molecular flexibility index (Phi) is 5.61. The largest absolute Gasteiger partial charge is 0.493 e. The molecule has 2 aromatic rings. The Morgan fingerprint density at radius 3 is 2.52 bits per heavy atom. The van der Waals surface area contributed by atoms with E-state index < -0.39 is 6.10 Å². The molecule has 0 radical (unpaired) electrons. The molecule has 6 heteroatoms. The molecule has 2 aromatic carbocycles. The third-order valence-electron chi connectivity index (χ3n) is 3.08. The van der Waals surface area contributed by atoms with Crippen LogP contribution in [-0.2, 0) is 4.79 Å². The standard InChI is InChI=1S/C17H15BrN2O3/c1-11(17(21)20-14-6-4-13(18)5-7-14)23-15-8-3-12(10-19)9-16(15)22-2/h3-9,11H,1-2H3,(H,20,21). The molecule has 0 fully saturated rings. The first-order valence-electron chi connectivity index (χ1n) is 6.84. The Balaban J connectivity index is 2.06. The molecular weight excluding hydrogens is 360 g/mol. The molecule has 0 aliphatic rings. The van der Waals surface area contributed by atoms with Crippen molar-refractivity contribution >= 4 is 27.5 Å². The van der Waals surface area contributed by atoms with Gasteiger partial charge in [-0.3, -0.25) is 4.79 Å². The van der Waals surface area contributed by atoms with Crippen LogP contribution in [-0.4, -0.2) is 19.1 Å². The highest BCUT2D eigenvalue weighted by Gasteiger charge is 2.17. The number of amides is 1. The molecule has 0 aromatic heterocycles. The molecule has 1 amide bonds. The summed E-state index contributed by atoms with van der Waals surface area (Å²) in [4.78, 5) is 12.2. The van der Waals surface area contributed by atoms with Gasteiger partial charge in [-0.1, -0.05) is 15.9 Å². The molecule has 5 nitrogen and oxygen atoms in total. The maximum Gasteiger partial charge on any atom is 0.265 e. The number of methoxy groups -OCH3 is 1. The average Bonchev–Trinajstić information content (AvgIpc) is 2.57. The number of benzene rings is 2. The van der Waals surface area contributed by atoms with Gasteiger partial charge in [0, 0.05) is 16.2 Å². The number of hydrogen-bond acceptors (Lipinski definition) is 4. The van der Waals surface area contributed by atoms with Crippen LogP contribution in [0.1, 0.15) is 12.5 Å². The molecule has 1 atom stereocenters. The van der Waals surface area contributed by atoms with E-state index in [2.05, 4.69) is 21.2 Å². The summed E-state index contributed by atoms with van der Waals surface area (Å²) in [6, 6.07) is 14.1. The van der Waals surface area contributed by atoms with Gasteiger partial charge in [0.15, 0.2) is 17.6 Å². The smallest absolute Gasteiger partial charge is 0.265 e. The number of nitrogens with zero attached hydrogens (tertiary/aromatic N) is 1. The first kappa shape index (κ1) is 16.8. The van der Waals surface area contributed by atoms with Crippen molar-refractivity contribution in [2.45, 2.75) is 13.0 Å². The van der Waals surface area contributed by atoms with Gasteiger partial charge in [0.1, 0.15) is 0 Å². The Morgan fingerprint density at radius 1 is 1.22 bits per heavy atom. The van der Waals surface area contributed by atoms with Crippen molar-refractivity contribution in [1.29, 1.82) is 5.26 Å². The van der Waals surface area contributed by atoms with Crippen molar-refractivity contribution in [3.8, 4) is 17.6 Å². The van der Waals surface area contributed by atoms with E-state index in [0.717, 1.165) is 4.47 Å². The van der Waals surface area contributed by atoms with Crippen LogP contribution in [0.15, 0.2) is 46.9 Å². The Hall–Kier alpha value is -2.52. The second-order valence-corrected chi connectivity index (χ2v) is 5.65. The molecule has 0 saturated carbocycles. The number of nitriles is 1. The van der Waals surface area contributed by atoms with E-state index >= 15 is 0 Å². The van der Waals surface area contributed by atoms with Crippen LogP contribution >= 0.6 is 15.9 Å². The lowest BCUT2D eigenvalue weighted by atomic mass is 10.2. The molecular formula is C17H15BrN2O3. The fourth-order valence-electron chi connectivity index (χ4n) is 1.86. The summed E-state index contributed by atoms with van der Waals surface area (Å²) >= 11 is 3.34. The van der Waals surface area contributed by atoms with Gasteiger partial charge in [-0.05, 0) is 43.3 Å². The van der Waals surface area contributed by atoms with Gasteiger partial charge < -0.3 is 14.8 Å². The number of anilines is 1. The van der Waals surface area contributed by atoms with Crippen LogP contribution in [0.25, 0.3) is 0 Å². The number of hydrogen-bond donors (Lipinski definition) is 1. The van der Waals surface area contributed by atoms with Crippen LogP contribution in [0.5, 0.6) is 11.5 Å². The van der Waals surface area contributed by atoms with Crippen molar-refractivity contribution in [3.63, 3.8) is 0 Å². The highest BCUT2D eigenvalue weighted by molar-refractivity contribution is 9.10. The summed E-state index contributed by atoms with van der Waals surface area (Å²) < 4.78 is 11.8. The van der Waals surface area contributed by atoms with Crippen LogP contribution < -0.4 is 14.8 Å². The first-order valence-corrected chi connectivity index (χ1v) is 7.64. The second kappa shape index (κ2) is 7.65. The molecule has 23 heavy (non-hydrogen) atoms. The zero-order valence-corrected chi connectivity index (χ0v) is 14.3. The van der Waals surface area contributed by atoms with E-state index in [1.54, 1.807) is 37.3 Å². The van der Waals surface area contributed by atoms with E-state index in [1.165, 1.54) is 7.11 Å². The number of carbonyl (C=O) groups is 1. The third kappa shape index (κ3) is 4.47. The summed E-state index contributed by atoms with van der Waals surface area (Å²) in [7, 11) is 1.48. The van der Waals surface area contributed by atoms with Gasteiger partial charge in [0.2, 0.25) is 0 Å². The summed E-state index contributed by atoms with van der Waals surface area (Å²) in [5, 5.41) is 11.7. The quantitative estimate of drug-likeness (QED) is 0.865. The molecule has 2 rings (SSSR count). The van der Waals surface area contributed by atoms with Crippen molar-refractivity contribution in [1.82, 2.24) is 0 Å². The number of nitrogens with one attached hydrogen (secondary N) is 1. The molecule has 0 saturated heterocycles. The lowest BCUT2D eigenvalue weighted by Gasteiger charge is -2.17.